The number of nitrogens with two attached hydrogens (primary N) is 1. The number of nitrogens with one attached hydrogen (secondary N) is 1. The number of carbonyl (C=O) groups excluding carboxylic acids is 1. The summed E-state index contributed by atoms with van der Waals surface area (Å²) >= 11 is 6.15. The molecule has 0 saturated carbocycles. The van der Waals surface area contributed by atoms with Crippen LogP contribution in [0.15, 0.2) is 24.3 Å². The summed E-state index contributed by atoms with van der Waals surface area (Å²) in [5.41, 5.74) is 6.58. The molecule has 0 bridgehead atoms. The first-order valence-electron chi connectivity index (χ1n) is 7.82. The highest BCUT2D eigenvalue weighted by Crippen LogP contribution is 2.22. The number of rotatable bonds is 9. The van der Waals surface area contributed by atoms with E-state index in [1.165, 1.54) is 0 Å². The molecule has 1 unspecified atom stereocenters. The van der Waals surface area contributed by atoms with Gasteiger partial charge in [0.25, 0.3) is 0 Å². The van der Waals surface area contributed by atoms with Crippen LogP contribution in [-0.4, -0.2) is 12.5 Å². The minimum absolute atomic E-state index is 0.0645. The molecule has 3 nitrogen and oxygen atoms in total. The summed E-state index contributed by atoms with van der Waals surface area (Å²) in [5, 5.41) is 3.71. The van der Waals surface area contributed by atoms with Gasteiger partial charge >= 0.3 is 0 Å². The lowest BCUT2D eigenvalue weighted by Crippen LogP contribution is -2.27. The minimum Gasteiger partial charge on any atom is -0.350 e. The van der Waals surface area contributed by atoms with Gasteiger partial charge in [-0.25, -0.2) is 0 Å². The van der Waals surface area contributed by atoms with Gasteiger partial charge in [0.1, 0.15) is 0 Å². The third-order valence-corrected chi connectivity index (χ3v) is 4.14. The fraction of sp³-hybridized carbons (Fsp3) is 0.588. The molecule has 1 amide bonds. The van der Waals surface area contributed by atoms with Crippen LogP contribution in [0, 0.1) is 5.92 Å². The highest BCUT2D eigenvalue weighted by molar-refractivity contribution is 6.31. The lowest BCUT2D eigenvalue weighted by atomic mass is 9.94. The second-order valence-electron chi connectivity index (χ2n) is 5.58. The molecule has 0 heterocycles. The summed E-state index contributed by atoms with van der Waals surface area (Å²) in [6.07, 6.45) is 4.75. The van der Waals surface area contributed by atoms with Gasteiger partial charge in [0.15, 0.2) is 0 Å². The third kappa shape index (κ3) is 6.49. The topological polar surface area (TPSA) is 55.1 Å². The van der Waals surface area contributed by atoms with Crippen molar-refractivity contribution >= 4 is 17.5 Å². The third-order valence-electron chi connectivity index (χ3n) is 3.80. The SMILES string of the molecule is CCCC(CCN)CCC(=O)N[C@@H](C)c1ccccc1Cl. The van der Waals surface area contributed by atoms with E-state index in [0.717, 1.165) is 31.2 Å². The molecule has 0 fully saturated rings. The van der Waals surface area contributed by atoms with E-state index in [0.29, 0.717) is 23.9 Å². The molecule has 1 aromatic rings. The summed E-state index contributed by atoms with van der Waals surface area (Å²) in [5.74, 6) is 0.641. The van der Waals surface area contributed by atoms with Crippen LogP contribution in [0.4, 0.5) is 0 Å². The van der Waals surface area contributed by atoms with E-state index in [9.17, 15) is 4.79 Å². The second kappa shape index (κ2) is 9.80. The van der Waals surface area contributed by atoms with Crippen LogP contribution < -0.4 is 11.1 Å². The average molecular weight is 311 g/mol. The molecule has 0 radical (unpaired) electrons. The van der Waals surface area contributed by atoms with Gasteiger partial charge in [-0.05, 0) is 43.9 Å². The molecule has 2 atom stereocenters. The van der Waals surface area contributed by atoms with E-state index in [4.69, 9.17) is 17.3 Å². The van der Waals surface area contributed by atoms with Crippen molar-refractivity contribution in [3.8, 4) is 0 Å². The van der Waals surface area contributed by atoms with Crippen LogP contribution in [0.5, 0.6) is 0 Å². The fourth-order valence-electron chi connectivity index (χ4n) is 2.63. The second-order valence-corrected chi connectivity index (χ2v) is 5.99. The van der Waals surface area contributed by atoms with Crippen molar-refractivity contribution in [1.82, 2.24) is 5.32 Å². The average Bonchev–Trinajstić information content (AvgIpc) is 2.45. The number of hydrogen-bond acceptors (Lipinski definition) is 2. The molecule has 21 heavy (non-hydrogen) atoms. The van der Waals surface area contributed by atoms with E-state index >= 15 is 0 Å². The Labute approximate surface area is 133 Å². The number of amides is 1. The summed E-state index contributed by atoms with van der Waals surface area (Å²) < 4.78 is 0. The Hall–Kier alpha value is -1.06. The van der Waals surface area contributed by atoms with Gasteiger partial charge in [0, 0.05) is 11.4 Å². The van der Waals surface area contributed by atoms with Crippen molar-refractivity contribution in [2.75, 3.05) is 6.54 Å². The highest BCUT2D eigenvalue weighted by Gasteiger charge is 2.14. The predicted molar refractivity (Wildman–Crippen MR) is 89.3 cm³/mol. The molecular formula is C17H27ClN2O. The van der Waals surface area contributed by atoms with Crippen LogP contribution in [0.2, 0.25) is 5.02 Å². The van der Waals surface area contributed by atoms with E-state index in [1.54, 1.807) is 0 Å². The number of halogens is 1. The van der Waals surface area contributed by atoms with E-state index < -0.39 is 0 Å². The largest absolute Gasteiger partial charge is 0.350 e. The Morgan fingerprint density at radius 3 is 2.62 bits per heavy atom. The molecule has 0 aliphatic carbocycles. The lowest BCUT2D eigenvalue weighted by Gasteiger charge is -2.18. The Morgan fingerprint density at radius 1 is 1.29 bits per heavy atom. The van der Waals surface area contributed by atoms with Crippen molar-refractivity contribution in [1.29, 1.82) is 0 Å². The molecular weight excluding hydrogens is 284 g/mol. The summed E-state index contributed by atoms with van der Waals surface area (Å²) in [4.78, 5) is 12.1. The minimum atomic E-state index is -0.0645. The van der Waals surface area contributed by atoms with Crippen LogP contribution in [0.25, 0.3) is 0 Å². The van der Waals surface area contributed by atoms with Crippen molar-refractivity contribution < 1.29 is 4.79 Å². The van der Waals surface area contributed by atoms with E-state index in [1.807, 2.05) is 31.2 Å². The van der Waals surface area contributed by atoms with Crippen molar-refractivity contribution in [3.05, 3.63) is 34.9 Å². The molecule has 0 aliphatic heterocycles. The van der Waals surface area contributed by atoms with Crippen molar-refractivity contribution in [2.24, 2.45) is 11.7 Å². The molecule has 0 saturated heterocycles. The standard InChI is InChI=1S/C17H27ClN2O/c1-3-6-14(11-12-19)9-10-17(21)20-13(2)15-7-4-5-8-16(15)18/h4-5,7-8,13-14H,3,6,9-12,19H2,1-2H3,(H,20,21)/t13-,14?/m0/s1. The lowest BCUT2D eigenvalue weighted by molar-refractivity contribution is -0.122. The fourth-order valence-corrected chi connectivity index (χ4v) is 2.93. The zero-order chi connectivity index (χ0) is 15.7. The molecule has 0 spiro atoms. The Morgan fingerprint density at radius 2 is 2.00 bits per heavy atom. The van der Waals surface area contributed by atoms with Gasteiger partial charge in [-0.3, -0.25) is 4.79 Å². The zero-order valence-electron chi connectivity index (χ0n) is 13.1. The first-order valence-corrected chi connectivity index (χ1v) is 8.20. The summed E-state index contributed by atoms with van der Waals surface area (Å²) in [7, 11) is 0. The molecule has 1 rings (SSSR count). The Kier molecular flexibility index (Phi) is 8.40. The van der Waals surface area contributed by atoms with Crippen LogP contribution in [0.1, 0.15) is 57.6 Å². The summed E-state index contributed by atoms with van der Waals surface area (Å²) in [6, 6.07) is 7.55. The van der Waals surface area contributed by atoms with E-state index in [2.05, 4.69) is 12.2 Å². The first-order chi connectivity index (χ1) is 10.1. The number of hydrogen-bond donors (Lipinski definition) is 2. The Balaban J connectivity index is 2.44. The molecule has 0 aliphatic rings. The number of benzene rings is 1. The van der Waals surface area contributed by atoms with Gasteiger partial charge in [0.05, 0.1) is 6.04 Å². The van der Waals surface area contributed by atoms with Crippen LogP contribution in [-0.2, 0) is 4.79 Å². The maximum Gasteiger partial charge on any atom is 0.220 e. The monoisotopic (exact) mass is 310 g/mol. The quantitative estimate of drug-likeness (QED) is 0.722. The smallest absolute Gasteiger partial charge is 0.220 e. The van der Waals surface area contributed by atoms with E-state index in [-0.39, 0.29) is 11.9 Å². The highest BCUT2D eigenvalue weighted by atomic mass is 35.5. The molecule has 0 aromatic heterocycles. The van der Waals surface area contributed by atoms with Crippen LogP contribution >= 0.6 is 11.6 Å². The molecule has 118 valence electrons. The maximum atomic E-state index is 12.1. The van der Waals surface area contributed by atoms with Gasteiger partial charge < -0.3 is 11.1 Å². The van der Waals surface area contributed by atoms with Gasteiger partial charge in [-0.2, -0.15) is 0 Å². The van der Waals surface area contributed by atoms with Crippen LogP contribution in [0.3, 0.4) is 0 Å². The van der Waals surface area contributed by atoms with Crippen molar-refractivity contribution in [2.45, 2.75) is 52.0 Å². The van der Waals surface area contributed by atoms with Gasteiger partial charge in [-0.1, -0.05) is 49.6 Å². The summed E-state index contributed by atoms with van der Waals surface area (Å²) in [6.45, 7) is 4.83. The zero-order valence-corrected chi connectivity index (χ0v) is 13.8. The molecule has 3 N–H and O–H groups in total. The first kappa shape index (κ1) is 18.0. The normalized spacial score (nSPS) is 13.7. The Bertz CT molecular complexity index is 431. The molecule has 4 heteroatoms. The van der Waals surface area contributed by atoms with Gasteiger partial charge in [0.2, 0.25) is 5.91 Å². The number of carbonyl (C=O) groups is 1. The molecule has 1 aromatic carbocycles. The van der Waals surface area contributed by atoms with Gasteiger partial charge in [-0.15, -0.1) is 0 Å². The maximum absolute atomic E-state index is 12.1. The predicted octanol–water partition coefficient (Wildman–Crippen LogP) is 4.06. The van der Waals surface area contributed by atoms with Crippen molar-refractivity contribution in [3.63, 3.8) is 0 Å².